The molecule has 13 heteroatoms. The molecule has 0 saturated heterocycles. The van der Waals surface area contributed by atoms with Crippen molar-refractivity contribution in [1.29, 1.82) is 0 Å². The fraction of sp³-hybridized carbons (Fsp3) is 0.286. The fourth-order valence-corrected chi connectivity index (χ4v) is 4.96. The van der Waals surface area contributed by atoms with E-state index in [0.717, 1.165) is 0 Å². The minimum atomic E-state index is -4.14. The molecule has 4 aromatic rings. The number of nitrogens with zero attached hydrogens (tertiary/aromatic N) is 4. The second-order valence-corrected chi connectivity index (χ2v) is 10.1. The third-order valence-corrected chi connectivity index (χ3v) is 7.48. The Morgan fingerprint density at radius 2 is 1.85 bits per heavy atom. The van der Waals surface area contributed by atoms with Gasteiger partial charge >= 0.3 is 0 Å². The number of ether oxygens (including phenoxy) is 2. The summed E-state index contributed by atoms with van der Waals surface area (Å²) in [5.74, 6) is 1.86. The van der Waals surface area contributed by atoms with Crippen LogP contribution in [-0.2, 0) is 10.0 Å². The first-order valence-electron chi connectivity index (χ1n) is 10.1. The van der Waals surface area contributed by atoms with Crippen LogP contribution in [0.3, 0.4) is 0 Å². The molecule has 0 aliphatic carbocycles. The van der Waals surface area contributed by atoms with Gasteiger partial charge in [0.2, 0.25) is 21.8 Å². The average Bonchev–Trinajstić information content (AvgIpc) is 3.58. The minimum Gasteiger partial charge on any atom is -0.494 e. The molecule has 0 unspecified atom stereocenters. The highest BCUT2D eigenvalue weighted by Gasteiger charge is 2.33. The topological polar surface area (TPSA) is 142 Å². The Hall–Kier alpha value is -3.42. The normalized spacial score (nSPS) is 13.4. The lowest BCUT2D eigenvalue weighted by atomic mass is 10.2. The number of aryl methyl sites for hydroxylation is 1. The number of anilines is 1. The molecule has 0 spiro atoms. The van der Waals surface area contributed by atoms with Crippen LogP contribution in [0.5, 0.6) is 11.5 Å². The van der Waals surface area contributed by atoms with E-state index in [1.165, 1.54) is 42.6 Å². The highest BCUT2D eigenvalue weighted by molar-refractivity contribution is 7.93. The molecule has 180 valence electrons. The van der Waals surface area contributed by atoms with Crippen LogP contribution < -0.4 is 14.2 Å². The van der Waals surface area contributed by atoms with Crippen molar-refractivity contribution < 1.29 is 27.4 Å². The van der Waals surface area contributed by atoms with Crippen LogP contribution in [0.2, 0.25) is 0 Å². The van der Waals surface area contributed by atoms with E-state index in [4.69, 9.17) is 13.9 Å². The molecule has 1 aromatic carbocycles. The summed E-state index contributed by atoms with van der Waals surface area (Å²) in [7, 11) is -1.18. The van der Waals surface area contributed by atoms with Crippen molar-refractivity contribution in [2.45, 2.75) is 25.2 Å². The highest BCUT2D eigenvalue weighted by Crippen LogP contribution is 2.38. The Kier molecular flexibility index (Phi) is 6.59. The Balaban J connectivity index is 1.84. The fourth-order valence-electron chi connectivity index (χ4n) is 3.33. The summed E-state index contributed by atoms with van der Waals surface area (Å²) >= 11 is 1.26. The van der Waals surface area contributed by atoms with E-state index in [1.807, 2.05) is 0 Å². The summed E-state index contributed by atoms with van der Waals surface area (Å²) in [4.78, 5) is 4.01. The molecule has 0 amide bonds. The molecule has 0 bridgehead atoms. The van der Waals surface area contributed by atoms with Gasteiger partial charge in [-0.25, -0.2) is 13.4 Å². The highest BCUT2D eigenvalue weighted by atomic mass is 32.2. The Morgan fingerprint density at radius 3 is 2.41 bits per heavy atom. The lowest BCUT2D eigenvalue weighted by Crippen LogP contribution is -2.32. The van der Waals surface area contributed by atoms with Crippen LogP contribution in [0.1, 0.15) is 24.5 Å². The van der Waals surface area contributed by atoms with E-state index in [9.17, 15) is 13.5 Å². The molecule has 11 nitrogen and oxygen atoms in total. The summed E-state index contributed by atoms with van der Waals surface area (Å²) in [6, 6.07) is 8.58. The van der Waals surface area contributed by atoms with Crippen molar-refractivity contribution in [2.75, 3.05) is 18.9 Å². The molecule has 0 aliphatic rings. The lowest BCUT2D eigenvalue weighted by molar-refractivity contribution is 0.172. The number of sulfonamides is 1. The summed E-state index contributed by atoms with van der Waals surface area (Å²) in [5.41, 5.74) is 2.16. The molecular formula is C21H23N5O6S2. The number of para-hydroxylation sites is 1. The molecule has 34 heavy (non-hydrogen) atoms. The maximum atomic E-state index is 13.2. The molecule has 2 N–H and O–H groups in total. The predicted octanol–water partition coefficient (Wildman–Crippen LogP) is 3.17. The van der Waals surface area contributed by atoms with E-state index in [1.54, 1.807) is 42.6 Å². The first-order chi connectivity index (χ1) is 16.3. The maximum Gasteiger partial charge on any atom is 0.243 e. The van der Waals surface area contributed by atoms with Crippen LogP contribution in [-0.4, -0.2) is 52.7 Å². The second-order valence-electron chi connectivity index (χ2n) is 7.31. The van der Waals surface area contributed by atoms with Crippen molar-refractivity contribution >= 4 is 27.3 Å². The molecule has 4 rings (SSSR count). The SMILES string of the molecule is COc1cccc(OC)c1-n1c(NS(=O)(=O)[C@H](C)[C@H](O)c2cscn2)nnc1-c1ccc(C)o1. The molecule has 2 atom stereocenters. The predicted molar refractivity (Wildman–Crippen MR) is 126 cm³/mol. The lowest BCUT2D eigenvalue weighted by Gasteiger charge is -2.20. The molecular weight excluding hydrogens is 482 g/mol. The smallest absolute Gasteiger partial charge is 0.243 e. The zero-order chi connectivity index (χ0) is 24.5. The van der Waals surface area contributed by atoms with Crippen LogP contribution >= 0.6 is 11.3 Å². The van der Waals surface area contributed by atoms with Gasteiger partial charge in [-0.15, -0.1) is 21.5 Å². The van der Waals surface area contributed by atoms with Crippen LogP contribution in [0, 0.1) is 6.92 Å². The van der Waals surface area contributed by atoms with E-state index >= 15 is 0 Å². The number of aliphatic hydroxyl groups excluding tert-OH is 1. The van der Waals surface area contributed by atoms with Gasteiger partial charge in [0.05, 0.1) is 25.4 Å². The minimum absolute atomic E-state index is 0.135. The molecule has 0 saturated carbocycles. The van der Waals surface area contributed by atoms with Crippen molar-refractivity contribution in [3.8, 4) is 28.8 Å². The number of aromatic nitrogens is 4. The van der Waals surface area contributed by atoms with E-state index in [2.05, 4.69) is 19.9 Å². The number of benzene rings is 1. The Labute approximate surface area is 200 Å². The van der Waals surface area contributed by atoms with Crippen LogP contribution in [0.15, 0.2) is 45.6 Å². The summed E-state index contributed by atoms with van der Waals surface area (Å²) < 4.78 is 47.1. The van der Waals surface area contributed by atoms with Crippen molar-refractivity contribution in [3.05, 3.63) is 52.7 Å². The number of aliphatic hydroxyl groups is 1. The summed E-state index contributed by atoms with van der Waals surface area (Å²) in [5, 5.41) is 19.2. The number of furan rings is 1. The number of rotatable bonds is 9. The summed E-state index contributed by atoms with van der Waals surface area (Å²) in [6.45, 7) is 3.16. The van der Waals surface area contributed by atoms with Gasteiger partial charge in [0.25, 0.3) is 0 Å². The second kappa shape index (κ2) is 9.44. The van der Waals surface area contributed by atoms with E-state index in [-0.39, 0.29) is 17.5 Å². The number of thiazole rings is 1. The zero-order valence-electron chi connectivity index (χ0n) is 18.8. The van der Waals surface area contributed by atoms with Gasteiger partial charge in [0.1, 0.15) is 34.3 Å². The van der Waals surface area contributed by atoms with Gasteiger partial charge in [0.15, 0.2) is 5.76 Å². The third kappa shape index (κ3) is 4.36. The van der Waals surface area contributed by atoms with E-state index in [0.29, 0.717) is 28.7 Å². The standard InChI is InChI=1S/C21H23N5O6S2/c1-12-8-9-17(32-12)20-23-24-21(26(20)18-15(30-3)6-5-7-16(18)31-4)25-34(28,29)13(2)19(27)14-10-33-11-22-14/h5-11,13,19,27H,1-4H3,(H,24,25)/t13-,19+/m1/s1. The number of hydrogen-bond acceptors (Lipinski definition) is 10. The number of hydrogen-bond donors (Lipinski definition) is 2. The van der Waals surface area contributed by atoms with Crippen LogP contribution in [0.25, 0.3) is 17.3 Å². The molecule has 3 heterocycles. The average molecular weight is 506 g/mol. The van der Waals surface area contributed by atoms with Crippen molar-refractivity contribution in [3.63, 3.8) is 0 Å². The van der Waals surface area contributed by atoms with Crippen molar-refractivity contribution in [1.82, 2.24) is 19.7 Å². The Morgan fingerprint density at radius 1 is 1.15 bits per heavy atom. The van der Waals surface area contributed by atoms with Gasteiger partial charge in [-0.1, -0.05) is 6.07 Å². The number of methoxy groups -OCH3 is 2. The van der Waals surface area contributed by atoms with Gasteiger partial charge in [0, 0.05) is 5.38 Å². The van der Waals surface area contributed by atoms with Gasteiger partial charge < -0.3 is 19.0 Å². The maximum absolute atomic E-state index is 13.2. The number of nitrogens with one attached hydrogen (secondary N) is 1. The molecule has 0 fully saturated rings. The van der Waals surface area contributed by atoms with Crippen molar-refractivity contribution in [2.24, 2.45) is 0 Å². The molecule has 3 aromatic heterocycles. The van der Waals surface area contributed by atoms with Gasteiger partial charge in [-0.2, -0.15) is 0 Å². The molecule has 0 radical (unpaired) electrons. The first-order valence-corrected chi connectivity index (χ1v) is 12.6. The largest absolute Gasteiger partial charge is 0.494 e. The molecule has 0 aliphatic heterocycles. The monoisotopic (exact) mass is 505 g/mol. The first kappa shape index (κ1) is 23.7. The zero-order valence-corrected chi connectivity index (χ0v) is 20.4. The van der Waals surface area contributed by atoms with Gasteiger partial charge in [-0.05, 0) is 38.1 Å². The summed E-state index contributed by atoms with van der Waals surface area (Å²) in [6.07, 6.45) is -1.34. The van der Waals surface area contributed by atoms with Gasteiger partial charge in [-0.3, -0.25) is 9.29 Å². The van der Waals surface area contributed by atoms with Crippen LogP contribution in [0.4, 0.5) is 5.95 Å². The quantitative estimate of drug-likeness (QED) is 0.351. The van der Waals surface area contributed by atoms with E-state index < -0.39 is 21.4 Å². The Bertz CT molecular complexity index is 1360. The third-order valence-electron chi connectivity index (χ3n) is 5.17.